The summed E-state index contributed by atoms with van der Waals surface area (Å²) in [5.41, 5.74) is 19.8. The lowest BCUT2D eigenvalue weighted by atomic mass is 9.83. The van der Waals surface area contributed by atoms with Crippen molar-refractivity contribution < 1.29 is 0 Å². The van der Waals surface area contributed by atoms with Crippen molar-refractivity contribution in [2.75, 3.05) is 4.90 Å². The number of para-hydroxylation sites is 2. The summed E-state index contributed by atoms with van der Waals surface area (Å²) in [6.07, 6.45) is 0. The Balaban J connectivity index is 1.14. The fourth-order valence-corrected chi connectivity index (χ4v) is 9.35. The summed E-state index contributed by atoms with van der Waals surface area (Å²) >= 11 is 0. The molecule has 0 radical (unpaired) electrons. The normalized spacial score (nSPS) is 12.1. The van der Waals surface area contributed by atoms with Crippen molar-refractivity contribution in [2.45, 2.75) is 0 Å². The quantitative estimate of drug-likeness (QED) is 0.179. The number of benzene rings is 9. The Bertz CT molecular complexity index is 3140. The van der Waals surface area contributed by atoms with Crippen LogP contribution in [0.15, 0.2) is 194 Å². The average molecular weight is 685 g/mol. The maximum Gasteiger partial charge on any atom is 0.0561 e. The molecule has 0 aliphatic heterocycles. The van der Waals surface area contributed by atoms with Crippen molar-refractivity contribution in [3.8, 4) is 61.3 Å². The topological polar surface area (TPSA) is 8.17 Å². The number of hydrogen-bond acceptors (Lipinski definition) is 1. The predicted molar refractivity (Wildman–Crippen MR) is 227 cm³/mol. The van der Waals surface area contributed by atoms with Crippen LogP contribution >= 0.6 is 0 Å². The van der Waals surface area contributed by atoms with Crippen LogP contribution in [0.5, 0.6) is 0 Å². The molecule has 0 saturated heterocycles. The Morgan fingerprint density at radius 1 is 0.296 bits per heavy atom. The van der Waals surface area contributed by atoms with Gasteiger partial charge in [0.2, 0.25) is 0 Å². The van der Waals surface area contributed by atoms with Gasteiger partial charge >= 0.3 is 0 Å². The zero-order valence-corrected chi connectivity index (χ0v) is 29.4. The van der Waals surface area contributed by atoms with E-state index in [2.05, 4.69) is 204 Å². The van der Waals surface area contributed by atoms with E-state index in [9.17, 15) is 0 Å². The van der Waals surface area contributed by atoms with E-state index < -0.39 is 0 Å². The van der Waals surface area contributed by atoms with Gasteiger partial charge in [-0.25, -0.2) is 0 Å². The molecule has 250 valence electrons. The molecule has 2 heteroatoms. The summed E-state index contributed by atoms with van der Waals surface area (Å²) < 4.78 is 2.41. The Morgan fingerprint density at radius 3 is 1.65 bits per heavy atom. The highest BCUT2D eigenvalue weighted by Gasteiger charge is 2.31. The van der Waals surface area contributed by atoms with E-state index in [0.717, 1.165) is 22.7 Å². The fourth-order valence-electron chi connectivity index (χ4n) is 9.35. The SMILES string of the molecule is c1ccc(-n2c3ccccc3c3ccc(N(c4ccc5c(c4)-c4c6cccc4-c4cccc-5c4-c4ccccc4-6)c4ccc5ccccc5c4)cc32)cc1. The molecule has 54 heavy (non-hydrogen) atoms. The highest BCUT2D eigenvalue weighted by atomic mass is 15.1. The Morgan fingerprint density at radius 2 is 0.833 bits per heavy atom. The fraction of sp³-hybridized carbons (Fsp3) is 0. The summed E-state index contributed by atoms with van der Waals surface area (Å²) in [4.78, 5) is 2.45. The molecule has 0 saturated carbocycles. The number of hydrogen-bond donors (Lipinski definition) is 0. The second kappa shape index (κ2) is 11.2. The highest BCUT2D eigenvalue weighted by Crippen LogP contribution is 2.57. The molecule has 6 bridgehead atoms. The second-order valence-electron chi connectivity index (χ2n) is 14.5. The Kier molecular flexibility index (Phi) is 6.09. The first kappa shape index (κ1) is 29.4. The number of nitrogens with zero attached hydrogens (tertiary/aromatic N) is 2. The van der Waals surface area contributed by atoms with Crippen LogP contribution in [0, 0.1) is 0 Å². The van der Waals surface area contributed by atoms with E-state index in [1.165, 1.54) is 88.2 Å². The van der Waals surface area contributed by atoms with Gasteiger partial charge in [-0.15, -0.1) is 0 Å². The standard InChI is InChI=1S/C52H32N2/c1-2-14-35(15-3-1)54-49-23-9-8-17-41(49)42-29-27-38(32-50(42)54)53(36-25-24-33-12-4-5-13-34(33)30-36)37-26-28-40-45-20-11-21-46-47-22-10-19-44(52(47)48(40)31-37)39-16-6-7-18-43(39)51(45)46/h1-32H. The number of anilines is 3. The van der Waals surface area contributed by atoms with Gasteiger partial charge in [0.25, 0.3) is 0 Å². The minimum atomic E-state index is 1.11. The first-order valence-corrected chi connectivity index (χ1v) is 18.7. The first-order chi connectivity index (χ1) is 26.8. The zero-order chi connectivity index (χ0) is 35.3. The van der Waals surface area contributed by atoms with Crippen LogP contribution in [0.4, 0.5) is 17.1 Å². The highest BCUT2D eigenvalue weighted by molar-refractivity contribution is 6.15. The molecule has 0 unspecified atom stereocenters. The van der Waals surface area contributed by atoms with E-state index in [1.54, 1.807) is 0 Å². The third-order valence-electron chi connectivity index (χ3n) is 11.6. The average Bonchev–Trinajstić information content (AvgIpc) is 3.51. The molecule has 0 atom stereocenters. The number of fused-ring (bicyclic) bond motifs is 8. The minimum Gasteiger partial charge on any atom is -0.310 e. The van der Waals surface area contributed by atoms with Crippen LogP contribution in [0.25, 0.3) is 93.9 Å². The lowest BCUT2D eigenvalue weighted by Crippen LogP contribution is -2.10. The zero-order valence-electron chi connectivity index (χ0n) is 29.4. The molecule has 1 heterocycles. The largest absolute Gasteiger partial charge is 0.310 e. The van der Waals surface area contributed by atoms with Crippen molar-refractivity contribution in [3.63, 3.8) is 0 Å². The van der Waals surface area contributed by atoms with E-state index >= 15 is 0 Å². The molecule has 0 amide bonds. The van der Waals surface area contributed by atoms with Crippen molar-refractivity contribution in [1.29, 1.82) is 0 Å². The Hall–Kier alpha value is -7.16. The van der Waals surface area contributed by atoms with Gasteiger partial charge < -0.3 is 9.47 Å². The van der Waals surface area contributed by atoms with Crippen LogP contribution in [-0.2, 0) is 0 Å². The van der Waals surface area contributed by atoms with Crippen molar-refractivity contribution in [2.24, 2.45) is 0 Å². The number of aromatic nitrogens is 1. The smallest absolute Gasteiger partial charge is 0.0561 e. The molecule has 1 aromatic heterocycles. The van der Waals surface area contributed by atoms with Crippen LogP contribution in [-0.4, -0.2) is 4.57 Å². The van der Waals surface area contributed by atoms with E-state index in [-0.39, 0.29) is 0 Å². The summed E-state index contributed by atoms with van der Waals surface area (Å²) in [6.45, 7) is 0. The molecule has 0 spiro atoms. The maximum atomic E-state index is 2.45. The van der Waals surface area contributed by atoms with Gasteiger partial charge in [0, 0.05) is 33.5 Å². The maximum absolute atomic E-state index is 2.45. The van der Waals surface area contributed by atoms with Crippen molar-refractivity contribution in [3.05, 3.63) is 194 Å². The van der Waals surface area contributed by atoms with Crippen LogP contribution in [0.2, 0.25) is 0 Å². The molecular weight excluding hydrogens is 653 g/mol. The molecule has 0 N–H and O–H groups in total. The second-order valence-corrected chi connectivity index (χ2v) is 14.5. The van der Waals surface area contributed by atoms with Gasteiger partial charge in [-0.2, -0.15) is 0 Å². The van der Waals surface area contributed by atoms with E-state index in [4.69, 9.17) is 0 Å². The van der Waals surface area contributed by atoms with Gasteiger partial charge in [0.05, 0.1) is 11.0 Å². The predicted octanol–water partition coefficient (Wildman–Crippen LogP) is 14.4. The van der Waals surface area contributed by atoms with Gasteiger partial charge in [0.1, 0.15) is 0 Å². The van der Waals surface area contributed by atoms with Gasteiger partial charge in [-0.05, 0) is 121 Å². The van der Waals surface area contributed by atoms with E-state index in [1.807, 2.05) is 0 Å². The summed E-state index contributed by atoms with van der Waals surface area (Å²) in [5.74, 6) is 0. The Labute approximate surface area is 313 Å². The molecule has 9 aromatic carbocycles. The third-order valence-corrected chi connectivity index (χ3v) is 11.6. The van der Waals surface area contributed by atoms with Crippen LogP contribution in [0.3, 0.4) is 0 Å². The molecule has 2 nitrogen and oxygen atoms in total. The van der Waals surface area contributed by atoms with Crippen LogP contribution < -0.4 is 4.90 Å². The summed E-state index contributed by atoms with van der Waals surface area (Å²) in [6, 6.07) is 71.7. The van der Waals surface area contributed by atoms with Gasteiger partial charge in [0.15, 0.2) is 0 Å². The summed E-state index contributed by atoms with van der Waals surface area (Å²) in [5, 5.41) is 4.94. The molecular formula is C52H32N2. The molecule has 2 aliphatic rings. The third kappa shape index (κ3) is 4.11. The lowest BCUT2D eigenvalue weighted by molar-refractivity contribution is 1.18. The first-order valence-electron chi connectivity index (χ1n) is 18.7. The molecule has 0 fully saturated rings. The molecule has 2 aliphatic carbocycles. The monoisotopic (exact) mass is 684 g/mol. The molecule has 10 aromatic rings. The van der Waals surface area contributed by atoms with Crippen LogP contribution in [0.1, 0.15) is 0 Å². The summed E-state index contributed by atoms with van der Waals surface area (Å²) in [7, 11) is 0. The van der Waals surface area contributed by atoms with Gasteiger partial charge in [-0.3, -0.25) is 0 Å². The minimum absolute atomic E-state index is 1.11. The lowest BCUT2D eigenvalue weighted by Gasteiger charge is -2.28. The number of rotatable bonds is 4. The van der Waals surface area contributed by atoms with Crippen molar-refractivity contribution in [1.82, 2.24) is 4.57 Å². The van der Waals surface area contributed by atoms with E-state index in [0.29, 0.717) is 0 Å². The van der Waals surface area contributed by atoms with Gasteiger partial charge in [-0.1, -0.05) is 140 Å². The molecule has 12 rings (SSSR count). The van der Waals surface area contributed by atoms with Crippen molar-refractivity contribution >= 4 is 49.6 Å².